The smallest absolute Gasteiger partial charge is 0.261 e. The first-order valence-corrected chi connectivity index (χ1v) is 10.4. The molecule has 0 amide bonds. The van der Waals surface area contributed by atoms with Crippen molar-refractivity contribution in [2.45, 2.75) is 30.6 Å². The maximum Gasteiger partial charge on any atom is 0.261 e. The molecule has 1 aliphatic carbocycles. The predicted molar refractivity (Wildman–Crippen MR) is 105 cm³/mol. The Hall–Kier alpha value is -2.67. The van der Waals surface area contributed by atoms with Crippen LogP contribution in [0.25, 0.3) is 10.9 Å². The first kappa shape index (κ1) is 17.7. The number of benzene rings is 2. The Morgan fingerprint density at radius 3 is 2.37 bits per heavy atom. The van der Waals surface area contributed by atoms with Gasteiger partial charge in [0.25, 0.3) is 10.0 Å². The molecule has 0 bridgehead atoms. The van der Waals surface area contributed by atoms with E-state index < -0.39 is 10.0 Å². The van der Waals surface area contributed by atoms with Crippen molar-refractivity contribution >= 4 is 26.6 Å². The maximum absolute atomic E-state index is 12.9. The number of hydrogen-bond acceptors (Lipinski definition) is 4. The predicted octanol–water partition coefficient (Wildman–Crippen LogP) is 3.86. The molecule has 6 nitrogen and oxygen atoms in total. The Bertz CT molecular complexity index is 1080. The molecule has 2 aromatic carbocycles. The molecular formula is C20H22N2O4S. The lowest BCUT2D eigenvalue weighted by Gasteiger charge is -2.12. The van der Waals surface area contributed by atoms with Crippen LogP contribution in [0.4, 0.5) is 5.69 Å². The fourth-order valence-electron chi connectivity index (χ4n) is 3.63. The lowest BCUT2D eigenvalue weighted by atomic mass is 9.96. The molecule has 0 fully saturated rings. The molecular weight excluding hydrogens is 364 g/mol. The van der Waals surface area contributed by atoms with Crippen LogP contribution in [0.1, 0.15) is 24.1 Å². The highest BCUT2D eigenvalue weighted by molar-refractivity contribution is 7.92. The zero-order valence-electron chi connectivity index (χ0n) is 15.3. The first-order valence-electron chi connectivity index (χ1n) is 8.89. The van der Waals surface area contributed by atoms with Gasteiger partial charge in [0.15, 0.2) is 0 Å². The number of fused-ring (bicyclic) bond motifs is 3. The molecule has 1 heterocycles. The largest absolute Gasteiger partial charge is 0.497 e. The summed E-state index contributed by atoms with van der Waals surface area (Å²) in [5.41, 5.74) is 3.86. The van der Waals surface area contributed by atoms with Crippen LogP contribution in [0.2, 0.25) is 0 Å². The second-order valence-corrected chi connectivity index (χ2v) is 8.39. The number of aromatic nitrogens is 1. The second kappa shape index (κ2) is 6.81. The summed E-state index contributed by atoms with van der Waals surface area (Å²) in [5, 5.41) is 0.996. The summed E-state index contributed by atoms with van der Waals surface area (Å²) in [7, 11) is -0.686. The van der Waals surface area contributed by atoms with Crippen LogP contribution in [0, 0.1) is 0 Å². The van der Waals surface area contributed by atoms with E-state index in [1.165, 1.54) is 31.9 Å². The number of aryl methyl sites for hydroxylation is 2. The Balaban J connectivity index is 1.72. The van der Waals surface area contributed by atoms with Gasteiger partial charge in [0, 0.05) is 34.8 Å². The Kier molecular flexibility index (Phi) is 4.47. The molecule has 27 heavy (non-hydrogen) atoms. The molecule has 3 aromatic rings. The van der Waals surface area contributed by atoms with Gasteiger partial charge >= 0.3 is 0 Å². The third kappa shape index (κ3) is 3.35. The maximum atomic E-state index is 12.9. The van der Waals surface area contributed by atoms with Crippen molar-refractivity contribution in [1.82, 2.24) is 4.98 Å². The van der Waals surface area contributed by atoms with E-state index in [2.05, 4.69) is 9.71 Å². The summed E-state index contributed by atoms with van der Waals surface area (Å²) in [4.78, 5) is 3.67. The van der Waals surface area contributed by atoms with Crippen molar-refractivity contribution in [3.63, 3.8) is 0 Å². The third-order valence-corrected chi connectivity index (χ3v) is 6.36. The average Bonchev–Trinajstić information content (AvgIpc) is 3.05. The monoisotopic (exact) mass is 386 g/mol. The van der Waals surface area contributed by atoms with Gasteiger partial charge in [-0.25, -0.2) is 8.42 Å². The lowest BCUT2D eigenvalue weighted by Crippen LogP contribution is -2.13. The van der Waals surface area contributed by atoms with Crippen molar-refractivity contribution in [2.24, 2.45) is 0 Å². The SMILES string of the molecule is COc1cc(NS(=O)(=O)c2ccc3[nH]c4c(c3c2)CCCC4)cc(OC)c1. The van der Waals surface area contributed by atoms with Gasteiger partial charge in [-0.1, -0.05) is 0 Å². The normalized spacial score (nSPS) is 14.0. The van der Waals surface area contributed by atoms with E-state index in [0.29, 0.717) is 17.2 Å². The lowest BCUT2D eigenvalue weighted by molar-refractivity contribution is 0.395. The molecule has 2 N–H and O–H groups in total. The van der Waals surface area contributed by atoms with Crippen LogP contribution in [0.15, 0.2) is 41.3 Å². The summed E-state index contributed by atoms with van der Waals surface area (Å²) in [6, 6.07) is 10.2. The summed E-state index contributed by atoms with van der Waals surface area (Å²) in [6.07, 6.45) is 4.32. The minimum Gasteiger partial charge on any atom is -0.497 e. The van der Waals surface area contributed by atoms with E-state index in [4.69, 9.17) is 9.47 Å². The highest BCUT2D eigenvalue weighted by Gasteiger charge is 2.20. The number of sulfonamides is 1. The van der Waals surface area contributed by atoms with Gasteiger partial charge in [-0.3, -0.25) is 4.72 Å². The van der Waals surface area contributed by atoms with Crippen LogP contribution in [0.3, 0.4) is 0 Å². The molecule has 1 aromatic heterocycles. The van der Waals surface area contributed by atoms with Crippen LogP contribution >= 0.6 is 0 Å². The molecule has 0 spiro atoms. The summed E-state index contributed by atoms with van der Waals surface area (Å²) < 4.78 is 38.9. The van der Waals surface area contributed by atoms with Crippen LogP contribution < -0.4 is 14.2 Å². The van der Waals surface area contributed by atoms with Gasteiger partial charge in [-0.15, -0.1) is 0 Å². The summed E-state index contributed by atoms with van der Waals surface area (Å²) in [6.45, 7) is 0. The van der Waals surface area contributed by atoms with Gasteiger partial charge in [-0.2, -0.15) is 0 Å². The number of H-pyrrole nitrogens is 1. The van der Waals surface area contributed by atoms with E-state index in [9.17, 15) is 8.42 Å². The van der Waals surface area contributed by atoms with Crippen molar-refractivity contribution in [3.8, 4) is 11.5 Å². The Morgan fingerprint density at radius 1 is 0.963 bits per heavy atom. The quantitative estimate of drug-likeness (QED) is 0.698. The van der Waals surface area contributed by atoms with E-state index >= 15 is 0 Å². The van der Waals surface area contributed by atoms with Crippen molar-refractivity contribution in [2.75, 3.05) is 18.9 Å². The number of aromatic amines is 1. The minimum atomic E-state index is -3.73. The molecule has 0 aliphatic heterocycles. The molecule has 142 valence electrons. The Labute approximate surface area is 158 Å². The second-order valence-electron chi connectivity index (χ2n) is 6.70. The van der Waals surface area contributed by atoms with Crippen molar-refractivity contribution < 1.29 is 17.9 Å². The molecule has 7 heteroatoms. The van der Waals surface area contributed by atoms with Crippen molar-refractivity contribution in [1.29, 1.82) is 0 Å². The van der Waals surface area contributed by atoms with Gasteiger partial charge in [-0.05, 0) is 49.4 Å². The number of anilines is 1. The van der Waals surface area contributed by atoms with Crippen LogP contribution in [-0.4, -0.2) is 27.6 Å². The third-order valence-electron chi connectivity index (χ3n) is 4.98. The van der Waals surface area contributed by atoms with Gasteiger partial charge in [0.05, 0.1) is 24.8 Å². The average molecular weight is 386 g/mol. The van der Waals surface area contributed by atoms with Crippen LogP contribution in [-0.2, 0) is 22.9 Å². The zero-order valence-corrected chi connectivity index (χ0v) is 16.2. The number of ether oxygens (including phenoxy) is 2. The van der Waals surface area contributed by atoms with E-state index in [-0.39, 0.29) is 4.90 Å². The fraction of sp³-hybridized carbons (Fsp3) is 0.300. The molecule has 0 unspecified atom stereocenters. The number of nitrogens with one attached hydrogen (secondary N) is 2. The molecule has 0 atom stereocenters. The highest BCUT2D eigenvalue weighted by atomic mass is 32.2. The molecule has 4 rings (SSSR count). The zero-order chi connectivity index (χ0) is 19.0. The van der Waals surface area contributed by atoms with Gasteiger partial charge in [0.1, 0.15) is 11.5 Å². The standard InChI is InChI=1S/C20H22N2O4S/c1-25-14-9-13(10-15(11-14)26-2)22-27(23,24)16-7-8-20-18(12-16)17-5-3-4-6-19(17)21-20/h7-12,21-22H,3-6H2,1-2H3. The summed E-state index contributed by atoms with van der Waals surface area (Å²) in [5.74, 6) is 1.03. The van der Waals surface area contributed by atoms with Gasteiger partial charge < -0.3 is 14.5 Å². The minimum absolute atomic E-state index is 0.240. The molecule has 0 radical (unpaired) electrons. The molecule has 0 saturated heterocycles. The van der Waals surface area contributed by atoms with Crippen molar-refractivity contribution in [3.05, 3.63) is 47.7 Å². The molecule has 1 aliphatic rings. The van der Waals surface area contributed by atoms with E-state index in [0.717, 1.165) is 30.2 Å². The topological polar surface area (TPSA) is 80.4 Å². The number of rotatable bonds is 5. The van der Waals surface area contributed by atoms with Crippen LogP contribution in [0.5, 0.6) is 11.5 Å². The Morgan fingerprint density at radius 2 is 1.67 bits per heavy atom. The van der Waals surface area contributed by atoms with E-state index in [1.807, 2.05) is 6.07 Å². The summed E-state index contributed by atoms with van der Waals surface area (Å²) >= 11 is 0. The number of methoxy groups -OCH3 is 2. The first-order chi connectivity index (χ1) is 13.0. The highest BCUT2D eigenvalue weighted by Crippen LogP contribution is 2.32. The van der Waals surface area contributed by atoms with E-state index in [1.54, 1.807) is 30.3 Å². The van der Waals surface area contributed by atoms with Gasteiger partial charge in [0.2, 0.25) is 0 Å². The number of hydrogen-bond donors (Lipinski definition) is 2. The fourth-order valence-corrected chi connectivity index (χ4v) is 4.70. The molecule has 0 saturated carbocycles.